The van der Waals surface area contributed by atoms with Crippen LogP contribution in [0.25, 0.3) is 11.2 Å². The van der Waals surface area contributed by atoms with Crippen molar-refractivity contribution in [3.63, 3.8) is 0 Å². The van der Waals surface area contributed by atoms with Crippen molar-refractivity contribution in [1.82, 2.24) is 19.5 Å². The van der Waals surface area contributed by atoms with E-state index < -0.39 is 11.2 Å². The lowest BCUT2D eigenvalue weighted by molar-refractivity contribution is 0.803. The molecule has 0 aromatic carbocycles. The maximum atomic E-state index is 11.5. The van der Waals surface area contributed by atoms with Gasteiger partial charge in [0.1, 0.15) is 5.82 Å². The van der Waals surface area contributed by atoms with E-state index in [4.69, 9.17) is 0 Å². The second-order valence-corrected chi connectivity index (χ2v) is 3.16. The molecule has 0 unspecified atom stereocenters. The van der Waals surface area contributed by atoms with E-state index >= 15 is 0 Å². The van der Waals surface area contributed by atoms with Crippen molar-refractivity contribution < 1.29 is 0 Å². The minimum atomic E-state index is -0.546. The first kappa shape index (κ1) is 9.45. The number of imidazole rings is 1. The zero-order valence-corrected chi connectivity index (χ0v) is 8.20. The molecule has 0 radical (unpaired) electrons. The molecule has 2 heterocycles. The van der Waals surface area contributed by atoms with Crippen LogP contribution in [0.15, 0.2) is 22.2 Å². The van der Waals surface area contributed by atoms with Gasteiger partial charge in [0.2, 0.25) is 0 Å². The lowest BCUT2D eigenvalue weighted by Gasteiger charge is -1.99. The van der Waals surface area contributed by atoms with Gasteiger partial charge in [0.05, 0.1) is 0 Å². The molecule has 2 aromatic rings. The summed E-state index contributed by atoms with van der Waals surface area (Å²) in [6.45, 7) is 5.85. The van der Waals surface area contributed by atoms with Crippen molar-refractivity contribution in [3.05, 3.63) is 39.3 Å². The Hall–Kier alpha value is -2.11. The van der Waals surface area contributed by atoms with Crippen LogP contribution in [0.3, 0.4) is 0 Å². The minimum absolute atomic E-state index is 0.308. The summed E-state index contributed by atoms with van der Waals surface area (Å²) in [5.74, 6) is 0.664. The fraction of sp³-hybridized carbons (Fsp3) is 0.222. The van der Waals surface area contributed by atoms with Crippen LogP contribution in [0.4, 0.5) is 0 Å². The average molecular weight is 206 g/mol. The molecule has 0 aliphatic rings. The zero-order chi connectivity index (χ0) is 11.0. The fourth-order valence-electron chi connectivity index (χ4n) is 1.54. The summed E-state index contributed by atoms with van der Waals surface area (Å²) < 4.78 is 1.69. The summed E-state index contributed by atoms with van der Waals surface area (Å²) in [6.07, 6.45) is 1.67. The predicted octanol–water partition coefficient (Wildman–Crippen LogP) is -0.0927. The zero-order valence-electron chi connectivity index (χ0n) is 8.20. The molecule has 78 valence electrons. The van der Waals surface area contributed by atoms with E-state index in [1.54, 1.807) is 17.6 Å². The van der Waals surface area contributed by atoms with Crippen LogP contribution >= 0.6 is 0 Å². The first-order valence-electron chi connectivity index (χ1n) is 4.44. The minimum Gasteiger partial charge on any atom is -0.318 e. The SMILES string of the molecule is C=CCn1c(C)nc2[nH]c(=O)[nH]c(=O)c21. The lowest BCUT2D eigenvalue weighted by atomic mass is 10.5. The maximum absolute atomic E-state index is 11.5. The van der Waals surface area contributed by atoms with E-state index in [1.165, 1.54) is 0 Å². The third-order valence-corrected chi connectivity index (χ3v) is 2.14. The summed E-state index contributed by atoms with van der Waals surface area (Å²) >= 11 is 0. The van der Waals surface area contributed by atoms with Crippen LogP contribution in [-0.2, 0) is 6.54 Å². The summed E-state index contributed by atoms with van der Waals surface area (Å²) in [5, 5.41) is 0. The van der Waals surface area contributed by atoms with Gasteiger partial charge in [-0.3, -0.25) is 14.8 Å². The van der Waals surface area contributed by atoms with Gasteiger partial charge in [-0.05, 0) is 6.92 Å². The van der Waals surface area contributed by atoms with Gasteiger partial charge in [0.25, 0.3) is 5.56 Å². The Morgan fingerprint density at radius 2 is 2.20 bits per heavy atom. The molecule has 0 spiro atoms. The summed E-state index contributed by atoms with van der Waals surface area (Å²) in [7, 11) is 0. The van der Waals surface area contributed by atoms with Crippen LogP contribution in [0, 0.1) is 6.92 Å². The molecule has 0 bridgehead atoms. The normalized spacial score (nSPS) is 10.7. The average Bonchev–Trinajstić information content (AvgIpc) is 2.43. The highest BCUT2D eigenvalue weighted by Crippen LogP contribution is 2.07. The molecular weight excluding hydrogens is 196 g/mol. The molecule has 0 saturated carbocycles. The summed E-state index contributed by atoms with van der Waals surface area (Å²) in [6, 6.07) is 0. The van der Waals surface area contributed by atoms with Gasteiger partial charge in [-0.2, -0.15) is 0 Å². The highest BCUT2D eigenvalue weighted by Gasteiger charge is 2.10. The van der Waals surface area contributed by atoms with E-state index in [0.29, 0.717) is 23.5 Å². The number of aromatic amines is 2. The summed E-state index contributed by atoms with van der Waals surface area (Å²) in [5.41, 5.74) is -0.304. The molecule has 6 heteroatoms. The topological polar surface area (TPSA) is 83.5 Å². The smallest absolute Gasteiger partial charge is 0.318 e. The molecule has 0 amide bonds. The number of aromatic nitrogens is 4. The largest absolute Gasteiger partial charge is 0.327 e. The van der Waals surface area contributed by atoms with Gasteiger partial charge in [-0.1, -0.05) is 6.08 Å². The lowest BCUT2D eigenvalue weighted by Crippen LogP contribution is -2.23. The van der Waals surface area contributed by atoms with Crippen LogP contribution in [0.2, 0.25) is 0 Å². The van der Waals surface area contributed by atoms with Gasteiger partial charge in [-0.25, -0.2) is 9.78 Å². The van der Waals surface area contributed by atoms with Gasteiger partial charge < -0.3 is 4.57 Å². The Labute approximate surface area is 84.3 Å². The van der Waals surface area contributed by atoms with Crippen LogP contribution in [0.1, 0.15) is 5.82 Å². The first-order valence-corrected chi connectivity index (χ1v) is 4.44. The van der Waals surface area contributed by atoms with Crippen molar-refractivity contribution in [2.75, 3.05) is 0 Å². The van der Waals surface area contributed by atoms with E-state index in [9.17, 15) is 9.59 Å². The van der Waals surface area contributed by atoms with Gasteiger partial charge in [0, 0.05) is 6.54 Å². The van der Waals surface area contributed by atoms with Crippen molar-refractivity contribution in [2.24, 2.45) is 0 Å². The second-order valence-electron chi connectivity index (χ2n) is 3.16. The molecule has 0 aliphatic carbocycles. The van der Waals surface area contributed by atoms with Crippen molar-refractivity contribution in [3.8, 4) is 0 Å². The number of allylic oxidation sites excluding steroid dienone is 1. The van der Waals surface area contributed by atoms with Crippen molar-refractivity contribution in [2.45, 2.75) is 13.5 Å². The molecule has 2 rings (SSSR count). The summed E-state index contributed by atoms with van der Waals surface area (Å²) in [4.78, 5) is 31.3. The molecule has 6 nitrogen and oxygen atoms in total. The highest BCUT2D eigenvalue weighted by molar-refractivity contribution is 5.69. The van der Waals surface area contributed by atoms with Gasteiger partial charge >= 0.3 is 5.69 Å². The monoisotopic (exact) mass is 206 g/mol. The van der Waals surface area contributed by atoms with E-state index in [0.717, 1.165) is 0 Å². The molecule has 0 saturated heterocycles. The molecule has 15 heavy (non-hydrogen) atoms. The Morgan fingerprint density at radius 3 is 2.87 bits per heavy atom. The molecular formula is C9H10N4O2. The standard InChI is InChI=1S/C9H10N4O2/c1-3-4-13-5(2)10-7-6(13)8(14)12-9(15)11-7/h3H,1,4H2,2H3,(H2,11,12,14,15). The number of hydrogen-bond donors (Lipinski definition) is 2. The van der Waals surface area contributed by atoms with E-state index in [-0.39, 0.29) is 0 Å². The maximum Gasteiger partial charge on any atom is 0.327 e. The Kier molecular flexibility index (Phi) is 2.03. The number of nitrogens with zero attached hydrogens (tertiary/aromatic N) is 2. The molecule has 0 atom stereocenters. The third kappa shape index (κ3) is 1.39. The second kappa shape index (κ2) is 3.23. The van der Waals surface area contributed by atoms with Gasteiger partial charge in [-0.15, -0.1) is 6.58 Å². The molecule has 2 N–H and O–H groups in total. The van der Waals surface area contributed by atoms with Crippen LogP contribution in [0.5, 0.6) is 0 Å². The Morgan fingerprint density at radius 1 is 1.47 bits per heavy atom. The molecule has 0 fully saturated rings. The molecule has 0 aliphatic heterocycles. The Balaban J connectivity index is 2.92. The third-order valence-electron chi connectivity index (χ3n) is 2.14. The number of aryl methyl sites for hydroxylation is 1. The van der Waals surface area contributed by atoms with Gasteiger partial charge in [0.15, 0.2) is 11.2 Å². The van der Waals surface area contributed by atoms with Crippen LogP contribution < -0.4 is 11.2 Å². The number of nitrogens with one attached hydrogen (secondary N) is 2. The fourth-order valence-corrected chi connectivity index (χ4v) is 1.54. The number of H-pyrrole nitrogens is 2. The van der Waals surface area contributed by atoms with Crippen molar-refractivity contribution in [1.29, 1.82) is 0 Å². The molecule has 2 aromatic heterocycles. The first-order chi connectivity index (χ1) is 7.13. The van der Waals surface area contributed by atoms with Crippen molar-refractivity contribution >= 4 is 11.2 Å². The van der Waals surface area contributed by atoms with E-state index in [2.05, 4.69) is 21.5 Å². The number of rotatable bonds is 2. The number of fused-ring (bicyclic) bond motifs is 1. The Bertz CT molecular complexity index is 632. The predicted molar refractivity (Wildman–Crippen MR) is 55.9 cm³/mol. The highest BCUT2D eigenvalue weighted by atomic mass is 16.2. The number of hydrogen-bond acceptors (Lipinski definition) is 3. The van der Waals surface area contributed by atoms with Crippen LogP contribution in [-0.4, -0.2) is 19.5 Å². The van der Waals surface area contributed by atoms with E-state index in [1.807, 2.05) is 0 Å². The quantitative estimate of drug-likeness (QED) is 0.673.